The van der Waals surface area contributed by atoms with Crippen molar-refractivity contribution in [2.75, 3.05) is 20.3 Å². The highest BCUT2D eigenvalue weighted by atomic mass is 16.6. The molecule has 1 atom stereocenters. The first kappa shape index (κ1) is 15.5. The maximum absolute atomic E-state index is 11.4. The van der Waals surface area contributed by atoms with Crippen molar-refractivity contribution in [3.63, 3.8) is 0 Å². The zero-order chi connectivity index (χ0) is 14.1. The van der Waals surface area contributed by atoms with Gasteiger partial charge < -0.3 is 14.8 Å². The molecule has 0 aliphatic carbocycles. The fourth-order valence-corrected chi connectivity index (χ4v) is 1.53. The van der Waals surface area contributed by atoms with Crippen molar-refractivity contribution in [3.8, 4) is 5.75 Å². The lowest BCUT2D eigenvalue weighted by molar-refractivity contribution is -0.146. The number of ether oxygens (including phenoxy) is 2. The second kappa shape index (κ2) is 8.53. The van der Waals surface area contributed by atoms with Crippen LogP contribution in [0.1, 0.15) is 38.3 Å². The van der Waals surface area contributed by atoms with Gasteiger partial charge in [-0.15, -0.1) is 0 Å². The predicted octanol–water partition coefficient (Wildman–Crippen LogP) is 2.69. The van der Waals surface area contributed by atoms with E-state index in [-0.39, 0.29) is 12.6 Å². The molecule has 1 aromatic carbocycles. The van der Waals surface area contributed by atoms with E-state index in [1.807, 2.05) is 31.3 Å². The Kier molecular flexibility index (Phi) is 6.97. The van der Waals surface area contributed by atoms with Crippen LogP contribution in [0.25, 0.3) is 0 Å². The molecular formula is C15H23NO3. The van der Waals surface area contributed by atoms with E-state index in [2.05, 4.69) is 19.2 Å². The fraction of sp³-hybridized carbons (Fsp3) is 0.533. The van der Waals surface area contributed by atoms with E-state index in [0.29, 0.717) is 18.4 Å². The van der Waals surface area contributed by atoms with Crippen LogP contribution in [0.4, 0.5) is 0 Å². The highest BCUT2D eigenvalue weighted by Gasteiger charge is 2.05. The normalized spacial score (nSPS) is 11.9. The first-order valence-corrected chi connectivity index (χ1v) is 6.73. The summed E-state index contributed by atoms with van der Waals surface area (Å²) in [6.45, 7) is 4.57. The van der Waals surface area contributed by atoms with E-state index in [4.69, 9.17) is 9.47 Å². The second-order valence-corrected chi connectivity index (χ2v) is 4.44. The quantitative estimate of drug-likeness (QED) is 0.580. The minimum Gasteiger partial charge on any atom is -0.482 e. The number of benzene rings is 1. The van der Waals surface area contributed by atoms with Crippen molar-refractivity contribution in [2.45, 2.75) is 32.7 Å². The number of hydrogen-bond acceptors (Lipinski definition) is 4. The molecule has 19 heavy (non-hydrogen) atoms. The Morgan fingerprint density at radius 3 is 2.58 bits per heavy atom. The topological polar surface area (TPSA) is 47.6 Å². The smallest absolute Gasteiger partial charge is 0.344 e. The van der Waals surface area contributed by atoms with Crippen LogP contribution in [0.5, 0.6) is 5.75 Å². The zero-order valence-corrected chi connectivity index (χ0v) is 11.9. The highest BCUT2D eigenvalue weighted by Crippen LogP contribution is 2.17. The van der Waals surface area contributed by atoms with Gasteiger partial charge in [0.15, 0.2) is 6.61 Å². The first-order chi connectivity index (χ1) is 9.17. The van der Waals surface area contributed by atoms with E-state index in [1.54, 1.807) is 0 Å². The third-order valence-electron chi connectivity index (χ3n) is 2.93. The standard InChI is InChI=1S/C15H23NO3/c1-4-5-10-18-15(17)11-19-14-8-6-13(7-9-14)12(2)16-3/h6-9,12,16H,4-5,10-11H2,1-3H3. The van der Waals surface area contributed by atoms with Crippen LogP contribution >= 0.6 is 0 Å². The summed E-state index contributed by atoms with van der Waals surface area (Å²) in [4.78, 5) is 11.4. The number of carbonyl (C=O) groups is 1. The summed E-state index contributed by atoms with van der Waals surface area (Å²) in [7, 11) is 1.92. The summed E-state index contributed by atoms with van der Waals surface area (Å²) in [5, 5.41) is 3.16. The van der Waals surface area contributed by atoms with Crippen LogP contribution in [0.3, 0.4) is 0 Å². The molecule has 0 fully saturated rings. The van der Waals surface area contributed by atoms with Crippen LogP contribution in [0.2, 0.25) is 0 Å². The molecule has 1 rings (SSSR count). The van der Waals surface area contributed by atoms with Gasteiger partial charge in [-0.1, -0.05) is 25.5 Å². The van der Waals surface area contributed by atoms with Gasteiger partial charge in [0.1, 0.15) is 5.75 Å². The van der Waals surface area contributed by atoms with Crippen molar-refractivity contribution in [1.82, 2.24) is 5.32 Å². The Labute approximate surface area is 115 Å². The number of hydrogen-bond donors (Lipinski definition) is 1. The molecule has 0 bridgehead atoms. The third-order valence-corrected chi connectivity index (χ3v) is 2.93. The van der Waals surface area contributed by atoms with Gasteiger partial charge in [0.2, 0.25) is 0 Å². The molecule has 0 saturated heterocycles. The van der Waals surface area contributed by atoms with Gasteiger partial charge in [-0.05, 0) is 38.1 Å². The summed E-state index contributed by atoms with van der Waals surface area (Å²) < 4.78 is 10.4. The Balaban J connectivity index is 2.35. The monoisotopic (exact) mass is 265 g/mol. The van der Waals surface area contributed by atoms with Crippen molar-refractivity contribution in [3.05, 3.63) is 29.8 Å². The SMILES string of the molecule is CCCCOC(=O)COc1ccc(C(C)NC)cc1. The van der Waals surface area contributed by atoms with Gasteiger partial charge in [0.25, 0.3) is 0 Å². The molecular weight excluding hydrogens is 242 g/mol. The maximum atomic E-state index is 11.4. The van der Waals surface area contributed by atoms with Gasteiger partial charge in [0, 0.05) is 6.04 Å². The van der Waals surface area contributed by atoms with E-state index in [9.17, 15) is 4.79 Å². The lowest BCUT2D eigenvalue weighted by atomic mass is 10.1. The van der Waals surface area contributed by atoms with Gasteiger partial charge in [-0.3, -0.25) is 0 Å². The molecule has 1 unspecified atom stereocenters. The largest absolute Gasteiger partial charge is 0.482 e. The molecule has 4 nitrogen and oxygen atoms in total. The number of carbonyl (C=O) groups excluding carboxylic acids is 1. The summed E-state index contributed by atoms with van der Waals surface area (Å²) in [6, 6.07) is 8.00. The molecule has 0 spiro atoms. The molecule has 0 amide bonds. The lowest BCUT2D eigenvalue weighted by Gasteiger charge is -2.11. The second-order valence-electron chi connectivity index (χ2n) is 4.44. The van der Waals surface area contributed by atoms with E-state index in [0.717, 1.165) is 12.8 Å². The molecule has 0 radical (unpaired) electrons. The first-order valence-electron chi connectivity index (χ1n) is 6.73. The molecule has 0 heterocycles. The number of esters is 1. The molecule has 106 valence electrons. The molecule has 1 N–H and O–H groups in total. The average molecular weight is 265 g/mol. The molecule has 4 heteroatoms. The fourth-order valence-electron chi connectivity index (χ4n) is 1.53. The molecule has 1 aromatic rings. The van der Waals surface area contributed by atoms with Gasteiger partial charge in [-0.25, -0.2) is 4.79 Å². The van der Waals surface area contributed by atoms with Crippen molar-refractivity contribution in [2.24, 2.45) is 0 Å². The Hall–Kier alpha value is -1.55. The minimum atomic E-state index is -0.318. The molecule has 0 aliphatic heterocycles. The minimum absolute atomic E-state index is 0.0371. The molecule has 0 saturated carbocycles. The summed E-state index contributed by atoms with van der Waals surface area (Å²) in [6.07, 6.45) is 1.90. The summed E-state index contributed by atoms with van der Waals surface area (Å²) >= 11 is 0. The van der Waals surface area contributed by atoms with Crippen molar-refractivity contribution in [1.29, 1.82) is 0 Å². The van der Waals surface area contributed by atoms with Crippen molar-refractivity contribution < 1.29 is 14.3 Å². The van der Waals surface area contributed by atoms with Gasteiger partial charge >= 0.3 is 5.97 Å². The Bertz CT molecular complexity index is 375. The van der Waals surface area contributed by atoms with E-state index in [1.165, 1.54) is 5.56 Å². The maximum Gasteiger partial charge on any atom is 0.344 e. The van der Waals surface area contributed by atoms with Crippen LogP contribution in [-0.2, 0) is 9.53 Å². The molecule has 0 aliphatic rings. The number of rotatable bonds is 8. The van der Waals surface area contributed by atoms with E-state index < -0.39 is 0 Å². The van der Waals surface area contributed by atoms with E-state index >= 15 is 0 Å². The summed E-state index contributed by atoms with van der Waals surface area (Å²) in [5.74, 6) is 0.362. The summed E-state index contributed by atoms with van der Waals surface area (Å²) in [5.41, 5.74) is 1.18. The van der Waals surface area contributed by atoms with Gasteiger partial charge in [-0.2, -0.15) is 0 Å². The van der Waals surface area contributed by atoms with Gasteiger partial charge in [0.05, 0.1) is 6.61 Å². The lowest BCUT2D eigenvalue weighted by Crippen LogP contribution is -2.15. The van der Waals surface area contributed by atoms with Crippen molar-refractivity contribution >= 4 is 5.97 Å². The van der Waals surface area contributed by atoms with Crippen LogP contribution < -0.4 is 10.1 Å². The Morgan fingerprint density at radius 1 is 1.32 bits per heavy atom. The number of nitrogens with one attached hydrogen (secondary N) is 1. The highest BCUT2D eigenvalue weighted by molar-refractivity contribution is 5.71. The van der Waals surface area contributed by atoms with Crippen LogP contribution in [0, 0.1) is 0 Å². The third kappa shape index (κ3) is 5.75. The average Bonchev–Trinajstić information content (AvgIpc) is 2.45. The number of unbranched alkanes of at least 4 members (excludes halogenated alkanes) is 1. The van der Waals surface area contributed by atoms with Crippen LogP contribution in [0.15, 0.2) is 24.3 Å². The predicted molar refractivity (Wildman–Crippen MR) is 75.3 cm³/mol. The van der Waals surface area contributed by atoms with Crippen LogP contribution in [-0.4, -0.2) is 26.2 Å². The molecule has 0 aromatic heterocycles. The zero-order valence-electron chi connectivity index (χ0n) is 11.9. The Morgan fingerprint density at radius 2 is 2.00 bits per heavy atom.